The van der Waals surface area contributed by atoms with Gasteiger partial charge in [-0.05, 0) is 27.8 Å². The molecule has 1 aromatic heterocycles. The summed E-state index contributed by atoms with van der Waals surface area (Å²) in [7, 11) is 2.11. The molecule has 0 aliphatic carbocycles. The van der Waals surface area contributed by atoms with E-state index < -0.39 is 0 Å². The molecule has 90 valence electrons. The third kappa shape index (κ3) is 5.78. The van der Waals surface area contributed by atoms with Gasteiger partial charge < -0.3 is 10.2 Å². The van der Waals surface area contributed by atoms with E-state index in [-0.39, 0.29) is 5.54 Å². The molecule has 0 saturated heterocycles. The number of rotatable bonds is 5. The summed E-state index contributed by atoms with van der Waals surface area (Å²) in [6, 6.07) is 0. The third-order valence-electron chi connectivity index (χ3n) is 2.22. The van der Waals surface area contributed by atoms with Crippen LogP contribution in [0.15, 0.2) is 18.7 Å². The normalized spacial score (nSPS) is 12.1. The van der Waals surface area contributed by atoms with Crippen LogP contribution in [0, 0.1) is 0 Å². The Morgan fingerprint density at radius 1 is 1.25 bits per heavy atom. The SMILES string of the molecule is CN(CCNC(C)(C)C)Cc1cncnc1. The van der Waals surface area contributed by atoms with E-state index in [2.05, 4.69) is 48.0 Å². The van der Waals surface area contributed by atoms with Crippen molar-refractivity contribution >= 4 is 0 Å². The first kappa shape index (κ1) is 13.1. The van der Waals surface area contributed by atoms with Gasteiger partial charge >= 0.3 is 0 Å². The number of hydrogen-bond acceptors (Lipinski definition) is 4. The number of nitrogens with one attached hydrogen (secondary N) is 1. The van der Waals surface area contributed by atoms with Gasteiger partial charge in [-0.2, -0.15) is 0 Å². The number of likely N-dealkylation sites (N-methyl/N-ethyl adjacent to an activating group) is 1. The fourth-order valence-electron chi connectivity index (χ4n) is 1.42. The molecule has 0 spiro atoms. The molecule has 0 aliphatic heterocycles. The first-order valence-corrected chi connectivity index (χ1v) is 5.65. The van der Waals surface area contributed by atoms with Crippen LogP contribution in [0.4, 0.5) is 0 Å². The Morgan fingerprint density at radius 2 is 1.88 bits per heavy atom. The van der Waals surface area contributed by atoms with Crippen molar-refractivity contribution in [1.29, 1.82) is 0 Å². The summed E-state index contributed by atoms with van der Waals surface area (Å²) in [5.74, 6) is 0. The fourth-order valence-corrected chi connectivity index (χ4v) is 1.42. The zero-order valence-corrected chi connectivity index (χ0v) is 10.7. The Morgan fingerprint density at radius 3 is 2.44 bits per heavy atom. The van der Waals surface area contributed by atoms with E-state index in [9.17, 15) is 0 Å². The predicted octanol–water partition coefficient (Wildman–Crippen LogP) is 1.30. The third-order valence-corrected chi connectivity index (χ3v) is 2.22. The van der Waals surface area contributed by atoms with Crippen molar-refractivity contribution in [2.45, 2.75) is 32.9 Å². The minimum atomic E-state index is 0.191. The molecule has 0 atom stereocenters. The van der Waals surface area contributed by atoms with Gasteiger partial charge in [-0.3, -0.25) is 0 Å². The molecule has 1 heterocycles. The lowest BCUT2D eigenvalue weighted by atomic mass is 10.1. The molecule has 4 nitrogen and oxygen atoms in total. The van der Waals surface area contributed by atoms with Crippen LogP contribution in [-0.4, -0.2) is 40.5 Å². The summed E-state index contributed by atoms with van der Waals surface area (Å²) >= 11 is 0. The van der Waals surface area contributed by atoms with Crippen LogP contribution in [0.25, 0.3) is 0 Å². The minimum Gasteiger partial charge on any atom is -0.311 e. The Kier molecular flexibility index (Phi) is 4.83. The van der Waals surface area contributed by atoms with E-state index in [1.54, 1.807) is 6.33 Å². The topological polar surface area (TPSA) is 41.0 Å². The summed E-state index contributed by atoms with van der Waals surface area (Å²) in [4.78, 5) is 10.3. The summed E-state index contributed by atoms with van der Waals surface area (Å²) in [6.07, 6.45) is 5.28. The Bertz CT molecular complexity index is 292. The van der Waals surface area contributed by atoms with E-state index in [0.29, 0.717) is 0 Å². The van der Waals surface area contributed by atoms with E-state index >= 15 is 0 Å². The second-order valence-electron chi connectivity index (χ2n) is 5.16. The largest absolute Gasteiger partial charge is 0.311 e. The van der Waals surface area contributed by atoms with Gasteiger partial charge in [0.2, 0.25) is 0 Å². The van der Waals surface area contributed by atoms with Crippen LogP contribution in [-0.2, 0) is 6.54 Å². The molecule has 1 rings (SSSR count). The van der Waals surface area contributed by atoms with Crippen LogP contribution < -0.4 is 5.32 Å². The highest BCUT2D eigenvalue weighted by atomic mass is 15.1. The fraction of sp³-hybridized carbons (Fsp3) is 0.667. The zero-order chi connectivity index (χ0) is 12.0. The van der Waals surface area contributed by atoms with Gasteiger partial charge in [0.1, 0.15) is 6.33 Å². The standard InChI is InChI=1S/C12H22N4/c1-12(2,3)15-5-6-16(4)9-11-7-13-10-14-8-11/h7-8,10,15H,5-6,9H2,1-4H3. The minimum absolute atomic E-state index is 0.191. The highest BCUT2D eigenvalue weighted by Gasteiger charge is 2.08. The monoisotopic (exact) mass is 222 g/mol. The van der Waals surface area contributed by atoms with Gasteiger partial charge in [0.05, 0.1) is 0 Å². The van der Waals surface area contributed by atoms with Gasteiger partial charge in [0.15, 0.2) is 0 Å². The van der Waals surface area contributed by atoms with Crippen molar-refractivity contribution in [1.82, 2.24) is 20.2 Å². The molecular weight excluding hydrogens is 200 g/mol. The lowest BCUT2D eigenvalue weighted by Gasteiger charge is -2.23. The van der Waals surface area contributed by atoms with Gasteiger partial charge in [0.25, 0.3) is 0 Å². The van der Waals surface area contributed by atoms with Crippen molar-refractivity contribution in [3.05, 3.63) is 24.3 Å². The van der Waals surface area contributed by atoms with Crippen LogP contribution >= 0.6 is 0 Å². The Balaban J connectivity index is 2.24. The molecule has 0 fully saturated rings. The van der Waals surface area contributed by atoms with E-state index in [0.717, 1.165) is 25.2 Å². The average Bonchev–Trinajstić information content (AvgIpc) is 2.17. The van der Waals surface area contributed by atoms with Crippen LogP contribution in [0.3, 0.4) is 0 Å². The highest BCUT2D eigenvalue weighted by Crippen LogP contribution is 2.00. The van der Waals surface area contributed by atoms with E-state index in [4.69, 9.17) is 0 Å². The maximum absolute atomic E-state index is 4.00. The van der Waals surface area contributed by atoms with Gasteiger partial charge in [-0.15, -0.1) is 0 Å². The quantitative estimate of drug-likeness (QED) is 0.815. The van der Waals surface area contributed by atoms with Crippen molar-refractivity contribution in [3.63, 3.8) is 0 Å². The van der Waals surface area contributed by atoms with E-state index in [1.165, 1.54) is 0 Å². The van der Waals surface area contributed by atoms with Gasteiger partial charge in [-0.1, -0.05) is 0 Å². The van der Waals surface area contributed by atoms with Gasteiger partial charge in [0, 0.05) is 43.1 Å². The molecule has 0 aromatic carbocycles. The number of hydrogen-bond donors (Lipinski definition) is 1. The van der Waals surface area contributed by atoms with Crippen LogP contribution in [0.1, 0.15) is 26.3 Å². The molecule has 16 heavy (non-hydrogen) atoms. The van der Waals surface area contributed by atoms with E-state index in [1.807, 2.05) is 12.4 Å². The van der Waals surface area contributed by atoms with Crippen molar-refractivity contribution < 1.29 is 0 Å². The highest BCUT2D eigenvalue weighted by molar-refractivity contribution is 5.01. The first-order valence-electron chi connectivity index (χ1n) is 5.65. The molecule has 1 aromatic rings. The zero-order valence-electron chi connectivity index (χ0n) is 10.7. The maximum Gasteiger partial charge on any atom is 0.115 e. The lowest BCUT2D eigenvalue weighted by Crippen LogP contribution is -2.40. The average molecular weight is 222 g/mol. The van der Waals surface area contributed by atoms with Crippen LogP contribution in [0.2, 0.25) is 0 Å². The molecule has 0 unspecified atom stereocenters. The van der Waals surface area contributed by atoms with Gasteiger partial charge in [-0.25, -0.2) is 9.97 Å². The maximum atomic E-state index is 4.00. The first-order chi connectivity index (χ1) is 7.47. The summed E-state index contributed by atoms with van der Waals surface area (Å²) < 4.78 is 0. The Labute approximate surface area is 98.1 Å². The van der Waals surface area contributed by atoms with Crippen molar-refractivity contribution in [2.75, 3.05) is 20.1 Å². The number of nitrogens with zero attached hydrogens (tertiary/aromatic N) is 3. The van der Waals surface area contributed by atoms with Crippen LogP contribution in [0.5, 0.6) is 0 Å². The van der Waals surface area contributed by atoms with Crippen molar-refractivity contribution in [2.24, 2.45) is 0 Å². The molecular formula is C12H22N4. The molecule has 0 aliphatic rings. The number of aromatic nitrogens is 2. The molecule has 0 amide bonds. The Hall–Kier alpha value is -1.00. The second kappa shape index (κ2) is 5.92. The molecule has 0 saturated carbocycles. The molecule has 4 heteroatoms. The molecule has 0 bridgehead atoms. The smallest absolute Gasteiger partial charge is 0.115 e. The predicted molar refractivity (Wildman–Crippen MR) is 66.1 cm³/mol. The summed E-state index contributed by atoms with van der Waals surface area (Å²) in [6.45, 7) is 9.45. The summed E-state index contributed by atoms with van der Waals surface area (Å²) in [5.41, 5.74) is 1.34. The summed E-state index contributed by atoms with van der Waals surface area (Å²) in [5, 5.41) is 3.47. The molecule has 1 N–H and O–H groups in total. The second-order valence-corrected chi connectivity index (χ2v) is 5.16. The van der Waals surface area contributed by atoms with Crippen molar-refractivity contribution in [3.8, 4) is 0 Å². The lowest BCUT2D eigenvalue weighted by molar-refractivity contribution is 0.303. The molecule has 0 radical (unpaired) electrons.